The molecular weight excluding hydrogens is 106 g/mol. The lowest BCUT2D eigenvalue weighted by Gasteiger charge is -1.97. The van der Waals surface area contributed by atoms with Gasteiger partial charge in [0, 0.05) is 0 Å². The third kappa shape index (κ3) is 1.63. The molecule has 0 unspecified atom stereocenters. The standard InChI is InChI=1S/C7H6B2/c1-5-2-6(8)4-7(9)3-5/h2-4H,1H3. The van der Waals surface area contributed by atoms with Gasteiger partial charge < -0.3 is 0 Å². The summed E-state index contributed by atoms with van der Waals surface area (Å²) in [6, 6.07) is 5.51. The van der Waals surface area contributed by atoms with Crippen LogP contribution in [0.4, 0.5) is 0 Å². The summed E-state index contributed by atoms with van der Waals surface area (Å²) in [6.07, 6.45) is 0. The highest BCUT2D eigenvalue weighted by Crippen LogP contribution is 1.87. The van der Waals surface area contributed by atoms with E-state index >= 15 is 0 Å². The van der Waals surface area contributed by atoms with Crippen molar-refractivity contribution >= 4 is 26.6 Å². The first kappa shape index (κ1) is 6.47. The Labute approximate surface area is 58.1 Å². The van der Waals surface area contributed by atoms with Crippen LogP contribution in [0.1, 0.15) is 5.56 Å². The topological polar surface area (TPSA) is 0 Å². The van der Waals surface area contributed by atoms with Crippen molar-refractivity contribution in [1.82, 2.24) is 0 Å². The molecule has 0 bridgehead atoms. The molecule has 0 saturated heterocycles. The van der Waals surface area contributed by atoms with E-state index in [1.807, 2.05) is 19.1 Å². The Balaban J connectivity index is 3.17. The van der Waals surface area contributed by atoms with Crippen LogP contribution in [-0.4, -0.2) is 15.7 Å². The summed E-state index contributed by atoms with van der Waals surface area (Å²) >= 11 is 0. The second kappa shape index (κ2) is 2.30. The maximum Gasteiger partial charge on any atom is 0.113 e. The second-order valence-corrected chi connectivity index (χ2v) is 2.18. The summed E-state index contributed by atoms with van der Waals surface area (Å²) in [6.45, 7) is 1.96. The van der Waals surface area contributed by atoms with Crippen molar-refractivity contribution in [3.63, 3.8) is 0 Å². The van der Waals surface area contributed by atoms with Gasteiger partial charge in [0.1, 0.15) is 15.7 Å². The first-order valence-corrected chi connectivity index (χ1v) is 2.81. The highest BCUT2D eigenvalue weighted by atomic mass is 13.9. The largest absolute Gasteiger partial charge is 0.113 e. The minimum atomic E-state index is 0.729. The number of hydrogen-bond acceptors (Lipinski definition) is 0. The van der Waals surface area contributed by atoms with Crippen LogP contribution in [0, 0.1) is 6.92 Å². The molecule has 4 radical (unpaired) electrons. The van der Waals surface area contributed by atoms with Crippen LogP contribution in [0.2, 0.25) is 0 Å². The predicted molar refractivity (Wildman–Crippen MR) is 42.0 cm³/mol. The fourth-order valence-corrected chi connectivity index (χ4v) is 0.843. The molecule has 0 aliphatic rings. The van der Waals surface area contributed by atoms with E-state index in [9.17, 15) is 0 Å². The summed E-state index contributed by atoms with van der Waals surface area (Å²) < 4.78 is 0. The smallest absolute Gasteiger partial charge is 0.0970 e. The van der Waals surface area contributed by atoms with Crippen molar-refractivity contribution < 1.29 is 0 Å². The number of rotatable bonds is 0. The molecule has 2 heteroatoms. The minimum absolute atomic E-state index is 0.729. The van der Waals surface area contributed by atoms with Gasteiger partial charge >= 0.3 is 0 Å². The van der Waals surface area contributed by atoms with Gasteiger partial charge in [-0.25, -0.2) is 0 Å². The van der Waals surface area contributed by atoms with E-state index in [2.05, 4.69) is 0 Å². The fraction of sp³-hybridized carbons (Fsp3) is 0.143. The molecule has 0 spiro atoms. The summed E-state index contributed by atoms with van der Waals surface area (Å²) in [4.78, 5) is 0. The molecular formula is C7H6B2. The molecule has 1 aromatic rings. The molecule has 0 aromatic heterocycles. The zero-order valence-electron chi connectivity index (χ0n) is 5.39. The van der Waals surface area contributed by atoms with Crippen LogP contribution in [-0.2, 0) is 0 Å². The third-order valence-corrected chi connectivity index (χ3v) is 1.12. The molecule has 40 valence electrons. The van der Waals surface area contributed by atoms with E-state index in [1.165, 1.54) is 0 Å². The van der Waals surface area contributed by atoms with Crippen molar-refractivity contribution in [3.8, 4) is 0 Å². The molecule has 1 rings (SSSR count). The summed E-state index contributed by atoms with van der Waals surface area (Å²) in [7, 11) is 11.0. The summed E-state index contributed by atoms with van der Waals surface area (Å²) in [5.74, 6) is 0. The predicted octanol–water partition coefficient (Wildman–Crippen LogP) is -0.417. The Morgan fingerprint density at radius 2 is 1.44 bits per heavy atom. The van der Waals surface area contributed by atoms with Gasteiger partial charge in [0.25, 0.3) is 0 Å². The SMILES string of the molecule is [B]c1cc([B])cc(C)c1. The van der Waals surface area contributed by atoms with Crippen molar-refractivity contribution in [3.05, 3.63) is 23.8 Å². The van der Waals surface area contributed by atoms with Gasteiger partial charge in [-0.2, -0.15) is 0 Å². The van der Waals surface area contributed by atoms with Gasteiger partial charge in [-0.1, -0.05) is 34.7 Å². The second-order valence-electron chi connectivity index (χ2n) is 2.18. The number of aryl methyl sites for hydroxylation is 1. The Bertz CT molecular complexity index is 168. The van der Waals surface area contributed by atoms with Gasteiger partial charge in [-0.15, -0.1) is 0 Å². The molecule has 1 aromatic carbocycles. The molecule has 0 heterocycles. The van der Waals surface area contributed by atoms with Crippen LogP contribution >= 0.6 is 0 Å². The van der Waals surface area contributed by atoms with Crippen molar-refractivity contribution in [1.29, 1.82) is 0 Å². The zero-order chi connectivity index (χ0) is 6.85. The van der Waals surface area contributed by atoms with Crippen molar-refractivity contribution in [2.75, 3.05) is 0 Å². The van der Waals surface area contributed by atoms with Gasteiger partial charge in [0.2, 0.25) is 0 Å². The van der Waals surface area contributed by atoms with Gasteiger partial charge in [-0.3, -0.25) is 0 Å². The Kier molecular flexibility index (Phi) is 1.65. The monoisotopic (exact) mass is 112 g/mol. The Morgan fingerprint density at radius 3 is 1.78 bits per heavy atom. The molecule has 0 saturated carbocycles. The van der Waals surface area contributed by atoms with E-state index in [4.69, 9.17) is 15.7 Å². The molecule has 0 nitrogen and oxygen atoms in total. The normalized spacial score (nSPS) is 9.44. The lowest BCUT2D eigenvalue weighted by molar-refractivity contribution is 1.51. The Hall–Kier alpha value is -0.650. The fourth-order valence-electron chi connectivity index (χ4n) is 0.843. The van der Waals surface area contributed by atoms with Crippen molar-refractivity contribution in [2.24, 2.45) is 0 Å². The third-order valence-electron chi connectivity index (χ3n) is 1.12. The molecule has 9 heavy (non-hydrogen) atoms. The van der Waals surface area contributed by atoms with Gasteiger partial charge in [0.15, 0.2) is 0 Å². The molecule has 0 aliphatic carbocycles. The lowest BCUT2D eigenvalue weighted by Crippen LogP contribution is -2.13. The lowest BCUT2D eigenvalue weighted by atomic mass is 9.86. The van der Waals surface area contributed by atoms with Gasteiger partial charge in [0.05, 0.1) is 0 Å². The quantitative estimate of drug-likeness (QED) is 0.400. The zero-order valence-corrected chi connectivity index (χ0v) is 5.39. The average molecular weight is 112 g/mol. The van der Waals surface area contributed by atoms with Gasteiger partial charge in [-0.05, 0) is 6.92 Å². The van der Waals surface area contributed by atoms with Crippen molar-refractivity contribution in [2.45, 2.75) is 6.92 Å². The van der Waals surface area contributed by atoms with Crippen LogP contribution in [0.5, 0.6) is 0 Å². The van der Waals surface area contributed by atoms with E-state index in [0.717, 1.165) is 16.5 Å². The number of benzene rings is 1. The maximum absolute atomic E-state index is 5.48. The maximum atomic E-state index is 5.48. The minimum Gasteiger partial charge on any atom is -0.0970 e. The molecule has 0 atom stereocenters. The van der Waals surface area contributed by atoms with Crippen LogP contribution in [0.15, 0.2) is 18.2 Å². The van der Waals surface area contributed by atoms with Crippen LogP contribution < -0.4 is 10.9 Å². The van der Waals surface area contributed by atoms with E-state index < -0.39 is 0 Å². The van der Waals surface area contributed by atoms with Crippen LogP contribution in [0.3, 0.4) is 0 Å². The number of hydrogen-bond donors (Lipinski definition) is 0. The Morgan fingerprint density at radius 1 is 1.00 bits per heavy atom. The molecule has 0 aliphatic heterocycles. The van der Waals surface area contributed by atoms with E-state index in [1.54, 1.807) is 6.07 Å². The first-order chi connectivity index (χ1) is 4.18. The summed E-state index contributed by atoms with van der Waals surface area (Å²) in [5, 5.41) is 0. The average Bonchev–Trinajstić information content (AvgIpc) is 1.59. The molecule has 0 amide bonds. The van der Waals surface area contributed by atoms with E-state index in [0.29, 0.717) is 0 Å². The highest BCUT2D eigenvalue weighted by Gasteiger charge is 1.86. The summed E-state index contributed by atoms with van der Waals surface area (Å²) in [5.41, 5.74) is 2.56. The molecule has 0 N–H and O–H groups in total. The first-order valence-electron chi connectivity index (χ1n) is 2.81. The van der Waals surface area contributed by atoms with E-state index in [-0.39, 0.29) is 0 Å². The highest BCUT2D eigenvalue weighted by molar-refractivity contribution is 6.37. The van der Waals surface area contributed by atoms with Crippen LogP contribution in [0.25, 0.3) is 0 Å². The molecule has 0 fully saturated rings.